The van der Waals surface area contributed by atoms with Gasteiger partial charge in [0.1, 0.15) is 16.5 Å². The third-order valence-corrected chi connectivity index (χ3v) is 8.18. The zero-order chi connectivity index (χ0) is 23.7. The normalized spacial score (nSPS) is 14.4. The summed E-state index contributed by atoms with van der Waals surface area (Å²) in [4.78, 5) is 12.7. The van der Waals surface area contributed by atoms with Crippen LogP contribution in [0.1, 0.15) is 21.7 Å². The van der Waals surface area contributed by atoms with Gasteiger partial charge in [-0.25, -0.2) is 17.1 Å². The van der Waals surface area contributed by atoms with Crippen molar-refractivity contribution in [2.24, 2.45) is 0 Å². The smallest absolute Gasteiger partial charge is 0.269 e. The van der Waals surface area contributed by atoms with E-state index in [1.54, 1.807) is 24.3 Å². The van der Waals surface area contributed by atoms with E-state index in [0.29, 0.717) is 23.1 Å². The van der Waals surface area contributed by atoms with Crippen molar-refractivity contribution in [1.29, 1.82) is 0 Å². The Bertz CT molecular complexity index is 1460. The molecule has 1 aliphatic rings. The van der Waals surface area contributed by atoms with E-state index in [9.17, 15) is 17.6 Å². The lowest BCUT2D eigenvalue weighted by molar-refractivity contribution is 0.0876. The van der Waals surface area contributed by atoms with Gasteiger partial charge >= 0.3 is 0 Å². The highest BCUT2D eigenvalue weighted by Gasteiger charge is 2.40. The minimum absolute atomic E-state index is 0.00912. The summed E-state index contributed by atoms with van der Waals surface area (Å²) < 4.78 is 41.8. The molecule has 10 heteroatoms. The zero-order valence-electron chi connectivity index (χ0n) is 17.8. The number of sulfonamides is 1. The molecule has 7 nitrogen and oxygen atoms in total. The molecule has 1 aromatic heterocycles. The number of halogens is 1. The lowest BCUT2D eigenvalue weighted by Gasteiger charge is -2.15. The number of benzene rings is 3. The van der Waals surface area contributed by atoms with Gasteiger partial charge in [-0.15, -0.1) is 10.2 Å². The molecule has 0 N–H and O–H groups in total. The Balaban J connectivity index is 1.39. The molecule has 0 saturated heterocycles. The molecule has 0 radical (unpaired) electrons. The second-order valence-electron chi connectivity index (χ2n) is 7.60. The molecule has 0 bridgehead atoms. The number of hydrogen-bond acceptors (Lipinski definition) is 6. The number of nitrogens with zero attached hydrogens (tertiary/aromatic N) is 4. The lowest BCUT2D eigenvalue weighted by Crippen LogP contribution is -2.32. The van der Waals surface area contributed by atoms with Crippen LogP contribution in [0.25, 0.3) is 5.69 Å². The fraction of sp³-hybridized carbons (Fsp3) is 0.125. The topological polar surface area (TPSA) is 85.2 Å². The molecular weight excluding hydrogens is 475 g/mol. The third-order valence-electron chi connectivity index (χ3n) is 5.43. The number of fused-ring (bicyclic) bond motifs is 1. The van der Waals surface area contributed by atoms with E-state index in [4.69, 9.17) is 0 Å². The van der Waals surface area contributed by atoms with Crippen molar-refractivity contribution < 1.29 is 17.6 Å². The highest BCUT2D eigenvalue weighted by molar-refractivity contribution is 7.99. The standard InChI is InChI=1S/C24H19FN4O3S2/c25-18-10-12-19(13-11-18)29-22(16-17-6-2-1-3-7-17)26-27-24(29)33-15-14-28-23(30)20-8-4-5-9-21(20)34(28,31)32/h1-13H,14-16H2. The van der Waals surface area contributed by atoms with E-state index < -0.39 is 15.9 Å². The number of carbonyl (C=O) groups is 1. The van der Waals surface area contributed by atoms with E-state index in [2.05, 4.69) is 10.2 Å². The monoisotopic (exact) mass is 494 g/mol. The van der Waals surface area contributed by atoms with Crippen LogP contribution >= 0.6 is 11.8 Å². The van der Waals surface area contributed by atoms with Crippen molar-refractivity contribution >= 4 is 27.7 Å². The molecule has 0 unspecified atom stereocenters. The largest absolute Gasteiger partial charge is 0.274 e. The molecule has 0 fully saturated rings. The summed E-state index contributed by atoms with van der Waals surface area (Å²) in [5, 5.41) is 9.16. The van der Waals surface area contributed by atoms with Gasteiger partial charge in [-0.2, -0.15) is 0 Å². The predicted octanol–water partition coefficient (Wildman–Crippen LogP) is 3.93. The maximum atomic E-state index is 13.5. The summed E-state index contributed by atoms with van der Waals surface area (Å²) in [6, 6.07) is 22.0. The van der Waals surface area contributed by atoms with Crippen molar-refractivity contribution in [2.75, 3.05) is 12.3 Å². The SMILES string of the molecule is O=C1c2ccccc2S(=O)(=O)N1CCSc1nnc(Cc2ccccc2)n1-c1ccc(F)cc1. The summed E-state index contributed by atoms with van der Waals surface area (Å²) in [6.45, 7) is -0.00912. The second-order valence-corrected chi connectivity index (χ2v) is 10.5. The van der Waals surface area contributed by atoms with Crippen LogP contribution in [0.5, 0.6) is 0 Å². The predicted molar refractivity (Wildman–Crippen MR) is 126 cm³/mol. The van der Waals surface area contributed by atoms with Gasteiger partial charge in [-0.3, -0.25) is 9.36 Å². The first kappa shape index (κ1) is 22.3. The molecular formula is C24H19FN4O3S2. The van der Waals surface area contributed by atoms with Crippen LogP contribution in [0, 0.1) is 5.82 Å². The van der Waals surface area contributed by atoms with Crippen molar-refractivity contribution in [1.82, 2.24) is 19.1 Å². The third kappa shape index (κ3) is 4.10. The minimum atomic E-state index is -3.87. The number of rotatable bonds is 7. The molecule has 0 aliphatic carbocycles. The Morgan fingerprint density at radius 2 is 1.59 bits per heavy atom. The summed E-state index contributed by atoms with van der Waals surface area (Å²) in [7, 11) is -3.87. The van der Waals surface area contributed by atoms with Crippen LogP contribution in [-0.2, 0) is 16.4 Å². The number of aromatic nitrogens is 3. The van der Waals surface area contributed by atoms with Gasteiger partial charge in [-0.05, 0) is 42.0 Å². The maximum absolute atomic E-state index is 13.5. The summed E-state index contributed by atoms with van der Waals surface area (Å²) >= 11 is 1.28. The van der Waals surface area contributed by atoms with Crippen LogP contribution in [0.2, 0.25) is 0 Å². The Morgan fingerprint density at radius 3 is 2.32 bits per heavy atom. The van der Waals surface area contributed by atoms with Crippen LogP contribution in [0.15, 0.2) is 88.9 Å². The molecule has 1 amide bonds. The highest BCUT2D eigenvalue weighted by atomic mass is 32.2. The molecule has 2 heterocycles. The van der Waals surface area contributed by atoms with E-state index in [1.165, 1.54) is 36.0 Å². The number of thioether (sulfide) groups is 1. The molecule has 0 saturated carbocycles. The Hall–Kier alpha value is -3.50. The first-order valence-corrected chi connectivity index (χ1v) is 12.9. The summed E-state index contributed by atoms with van der Waals surface area (Å²) in [5.41, 5.74) is 1.92. The Morgan fingerprint density at radius 1 is 0.882 bits per heavy atom. The first-order valence-electron chi connectivity index (χ1n) is 10.5. The maximum Gasteiger partial charge on any atom is 0.269 e. The van der Waals surface area contributed by atoms with Gasteiger partial charge < -0.3 is 0 Å². The fourth-order valence-electron chi connectivity index (χ4n) is 3.81. The number of carbonyl (C=O) groups excluding carboxylic acids is 1. The molecule has 0 atom stereocenters. The Labute approximate surface area is 200 Å². The lowest BCUT2D eigenvalue weighted by atomic mass is 10.1. The molecule has 34 heavy (non-hydrogen) atoms. The van der Waals surface area contributed by atoms with Crippen molar-refractivity contribution in [3.05, 3.63) is 102 Å². The van der Waals surface area contributed by atoms with E-state index >= 15 is 0 Å². The van der Waals surface area contributed by atoms with Gasteiger partial charge in [-0.1, -0.05) is 54.2 Å². The van der Waals surface area contributed by atoms with E-state index in [0.717, 1.165) is 9.87 Å². The van der Waals surface area contributed by atoms with Crippen molar-refractivity contribution in [2.45, 2.75) is 16.5 Å². The first-order chi connectivity index (χ1) is 16.4. The van der Waals surface area contributed by atoms with Crippen molar-refractivity contribution in [3.8, 4) is 5.69 Å². The average molecular weight is 495 g/mol. The van der Waals surface area contributed by atoms with Gasteiger partial charge in [0, 0.05) is 24.4 Å². The molecule has 3 aromatic carbocycles. The van der Waals surface area contributed by atoms with Crippen LogP contribution in [-0.4, -0.2) is 45.7 Å². The second kappa shape index (κ2) is 9.03. The van der Waals surface area contributed by atoms with Gasteiger partial charge in [0.05, 0.1) is 5.56 Å². The highest BCUT2D eigenvalue weighted by Crippen LogP contribution is 2.31. The number of amides is 1. The summed E-state index contributed by atoms with van der Waals surface area (Å²) in [5.74, 6) is 0.0652. The molecule has 5 rings (SSSR count). The van der Waals surface area contributed by atoms with E-state index in [-0.39, 0.29) is 28.6 Å². The van der Waals surface area contributed by atoms with Gasteiger partial charge in [0.2, 0.25) is 0 Å². The molecule has 1 aliphatic heterocycles. The van der Waals surface area contributed by atoms with Crippen LogP contribution < -0.4 is 0 Å². The van der Waals surface area contributed by atoms with E-state index in [1.807, 2.05) is 34.9 Å². The average Bonchev–Trinajstić information content (AvgIpc) is 3.32. The van der Waals surface area contributed by atoms with Crippen molar-refractivity contribution in [3.63, 3.8) is 0 Å². The summed E-state index contributed by atoms with van der Waals surface area (Å²) in [6.07, 6.45) is 0.514. The number of hydrogen-bond donors (Lipinski definition) is 0. The fourth-order valence-corrected chi connectivity index (χ4v) is 6.39. The minimum Gasteiger partial charge on any atom is -0.274 e. The molecule has 172 valence electrons. The van der Waals surface area contributed by atoms with Gasteiger partial charge in [0.25, 0.3) is 15.9 Å². The van der Waals surface area contributed by atoms with Crippen LogP contribution in [0.4, 0.5) is 4.39 Å². The van der Waals surface area contributed by atoms with Crippen LogP contribution in [0.3, 0.4) is 0 Å². The molecule has 4 aromatic rings. The molecule has 0 spiro atoms. The zero-order valence-corrected chi connectivity index (χ0v) is 19.5. The Kier molecular flexibility index (Phi) is 5.93. The van der Waals surface area contributed by atoms with Gasteiger partial charge in [0.15, 0.2) is 5.16 Å². The quantitative estimate of drug-likeness (QED) is 0.362.